The molecular weight excluding hydrogens is 240 g/mol. The van der Waals surface area contributed by atoms with Crippen LogP contribution >= 0.6 is 0 Å². The van der Waals surface area contributed by atoms with Gasteiger partial charge in [0.15, 0.2) is 0 Å². The Bertz CT molecular complexity index is 582. The number of aryl methyl sites for hydroxylation is 1. The van der Waals surface area contributed by atoms with E-state index in [1.165, 1.54) is 6.07 Å². The Morgan fingerprint density at radius 2 is 1.84 bits per heavy atom. The zero-order valence-electron chi connectivity index (χ0n) is 10.7. The van der Waals surface area contributed by atoms with Crippen LogP contribution in [0.5, 0.6) is 0 Å². The maximum Gasteiger partial charge on any atom is 0.272 e. The lowest BCUT2D eigenvalue weighted by atomic mass is 9.95. The molecule has 0 aromatic heterocycles. The van der Waals surface area contributed by atoms with Gasteiger partial charge in [0.25, 0.3) is 5.69 Å². The van der Waals surface area contributed by atoms with E-state index in [2.05, 4.69) is 0 Å². The maximum atomic E-state index is 11.1. The molecule has 0 saturated carbocycles. The standard InChI is InChI=1S/C15H16N2O2/c1-11-6-5-9-15(17(18)19)13(11)10-14(16)12-7-3-2-4-8-12/h2-9,14H,10,16H2,1H3. The van der Waals surface area contributed by atoms with E-state index in [9.17, 15) is 10.1 Å². The lowest BCUT2D eigenvalue weighted by molar-refractivity contribution is -0.385. The van der Waals surface area contributed by atoms with Gasteiger partial charge in [-0.1, -0.05) is 42.5 Å². The topological polar surface area (TPSA) is 69.2 Å². The molecule has 0 radical (unpaired) electrons. The third kappa shape index (κ3) is 2.98. The van der Waals surface area contributed by atoms with E-state index in [1.54, 1.807) is 6.07 Å². The Labute approximate surface area is 112 Å². The van der Waals surface area contributed by atoms with Gasteiger partial charge in [-0.25, -0.2) is 0 Å². The van der Waals surface area contributed by atoms with Gasteiger partial charge in [0.05, 0.1) is 4.92 Å². The SMILES string of the molecule is Cc1cccc([N+](=O)[O-])c1CC(N)c1ccccc1. The summed E-state index contributed by atoms with van der Waals surface area (Å²) in [6.07, 6.45) is 0.465. The molecular formula is C15H16N2O2. The van der Waals surface area contributed by atoms with Crippen molar-refractivity contribution >= 4 is 5.69 Å². The first-order valence-electron chi connectivity index (χ1n) is 6.13. The minimum Gasteiger partial charge on any atom is -0.324 e. The molecule has 2 rings (SSSR count). The molecule has 0 saturated heterocycles. The van der Waals surface area contributed by atoms with E-state index < -0.39 is 0 Å². The average molecular weight is 256 g/mol. The van der Waals surface area contributed by atoms with Crippen molar-refractivity contribution in [2.45, 2.75) is 19.4 Å². The van der Waals surface area contributed by atoms with E-state index in [-0.39, 0.29) is 16.7 Å². The second-order valence-corrected chi connectivity index (χ2v) is 4.55. The highest BCUT2D eigenvalue weighted by Crippen LogP contribution is 2.26. The van der Waals surface area contributed by atoms with Crippen LogP contribution in [-0.4, -0.2) is 4.92 Å². The van der Waals surface area contributed by atoms with E-state index in [0.717, 1.165) is 11.1 Å². The first-order valence-corrected chi connectivity index (χ1v) is 6.13. The third-order valence-electron chi connectivity index (χ3n) is 3.23. The lowest BCUT2D eigenvalue weighted by Crippen LogP contribution is -2.14. The first-order chi connectivity index (χ1) is 9.09. The van der Waals surface area contributed by atoms with Gasteiger partial charge in [-0.15, -0.1) is 0 Å². The summed E-state index contributed by atoms with van der Waals surface area (Å²) < 4.78 is 0. The van der Waals surface area contributed by atoms with Crippen LogP contribution in [0.2, 0.25) is 0 Å². The average Bonchev–Trinajstić information content (AvgIpc) is 2.41. The fraction of sp³-hybridized carbons (Fsp3) is 0.200. The summed E-state index contributed by atoms with van der Waals surface area (Å²) in [6.45, 7) is 1.88. The van der Waals surface area contributed by atoms with Crippen molar-refractivity contribution < 1.29 is 4.92 Å². The number of hydrogen-bond donors (Lipinski definition) is 1. The molecule has 2 aromatic carbocycles. The van der Waals surface area contributed by atoms with Crippen molar-refractivity contribution in [1.82, 2.24) is 0 Å². The predicted molar refractivity (Wildman–Crippen MR) is 74.9 cm³/mol. The zero-order chi connectivity index (χ0) is 13.8. The number of nitro benzene ring substituents is 1. The van der Waals surface area contributed by atoms with Crippen LogP contribution in [0.4, 0.5) is 5.69 Å². The van der Waals surface area contributed by atoms with E-state index >= 15 is 0 Å². The quantitative estimate of drug-likeness (QED) is 0.674. The summed E-state index contributed by atoms with van der Waals surface area (Å²) in [5.74, 6) is 0. The summed E-state index contributed by atoms with van der Waals surface area (Å²) in [5, 5.41) is 11.1. The summed E-state index contributed by atoms with van der Waals surface area (Å²) in [5.41, 5.74) is 8.89. The van der Waals surface area contributed by atoms with Gasteiger partial charge in [-0.05, 0) is 24.5 Å². The van der Waals surface area contributed by atoms with Crippen molar-refractivity contribution in [1.29, 1.82) is 0 Å². The Hall–Kier alpha value is -2.20. The summed E-state index contributed by atoms with van der Waals surface area (Å²) in [7, 11) is 0. The maximum absolute atomic E-state index is 11.1. The van der Waals surface area contributed by atoms with E-state index in [1.807, 2.05) is 43.3 Å². The molecule has 2 N–H and O–H groups in total. The fourth-order valence-electron chi connectivity index (χ4n) is 2.16. The van der Waals surface area contributed by atoms with Crippen LogP contribution in [0, 0.1) is 17.0 Å². The molecule has 0 heterocycles. The number of hydrogen-bond acceptors (Lipinski definition) is 3. The normalized spacial score (nSPS) is 12.1. The van der Waals surface area contributed by atoms with E-state index in [0.29, 0.717) is 12.0 Å². The largest absolute Gasteiger partial charge is 0.324 e. The molecule has 0 aliphatic rings. The molecule has 0 amide bonds. The van der Waals surface area contributed by atoms with Crippen LogP contribution in [0.15, 0.2) is 48.5 Å². The third-order valence-corrected chi connectivity index (χ3v) is 3.23. The molecule has 1 atom stereocenters. The molecule has 0 fully saturated rings. The number of nitrogens with zero attached hydrogens (tertiary/aromatic N) is 1. The lowest BCUT2D eigenvalue weighted by Gasteiger charge is -2.14. The summed E-state index contributed by atoms with van der Waals surface area (Å²) >= 11 is 0. The molecule has 0 spiro atoms. The van der Waals surface area contributed by atoms with Gasteiger partial charge in [-0.3, -0.25) is 10.1 Å². The van der Waals surface area contributed by atoms with Gasteiger partial charge in [-0.2, -0.15) is 0 Å². The van der Waals surface area contributed by atoms with Crippen molar-refractivity contribution in [2.75, 3.05) is 0 Å². The van der Waals surface area contributed by atoms with Crippen molar-refractivity contribution in [3.05, 3.63) is 75.3 Å². The second kappa shape index (κ2) is 5.63. The van der Waals surface area contributed by atoms with Crippen LogP contribution in [0.1, 0.15) is 22.7 Å². The molecule has 1 unspecified atom stereocenters. The van der Waals surface area contributed by atoms with Gasteiger partial charge >= 0.3 is 0 Å². The molecule has 0 bridgehead atoms. The Morgan fingerprint density at radius 3 is 2.47 bits per heavy atom. The van der Waals surface area contributed by atoms with Crippen LogP contribution in [0.25, 0.3) is 0 Å². The highest BCUT2D eigenvalue weighted by molar-refractivity contribution is 5.46. The van der Waals surface area contributed by atoms with Crippen molar-refractivity contribution in [2.24, 2.45) is 5.73 Å². The number of nitrogens with two attached hydrogens (primary N) is 1. The molecule has 2 aromatic rings. The molecule has 98 valence electrons. The molecule has 0 aliphatic carbocycles. The highest BCUT2D eigenvalue weighted by Gasteiger charge is 2.18. The van der Waals surface area contributed by atoms with Crippen molar-refractivity contribution in [3.8, 4) is 0 Å². The first kappa shape index (κ1) is 13.2. The smallest absolute Gasteiger partial charge is 0.272 e. The van der Waals surface area contributed by atoms with Crippen LogP contribution < -0.4 is 5.73 Å². The molecule has 19 heavy (non-hydrogen) atoms. The summed E-state index contributed by atoms with van der Waals surface area (Å²) in [4.78, 5) is 10.7. The summed E-state index contributed by atoms with van der Waals surface area (Å²) in [6, 6.07) is 14.5. The van der Waals surface area contributed by atoms with E-state index in [4.69, 9.17) is 5.73 Å². The van der Waals surface area contributed by atoms with Gasteiger partial charge in [0, 0.05) is 17.7 Å². The number of rotatable bonds is 4. The van der Waals surface area contributed by atoms with Crippen molar-refractivity contribution in [3.63, 3.8) is 0 Å². The molecule has 4 nitrogen and oxygen atoms in total. The van der Waals surface area contributed by atoms with Gasteiger partial charge < -0.3 is 5.73 Å². The second-order valence-electron chi connectivity index (χ2n) is 4.55. The number of nitro groups is 1. The zero-order valence-corrected chi connectivity index (χ0v) is 10.7. The Morgan fingerprint density at radius 1 is 1.16 bits per heavy atom. The molecule has 4 heteroatoms. The number of benzene rings is 2. The van der Waals surface area contributed by atoms with Gasteiger partial charge in [0.2, 0.25) is 0 Å². The monoisotopic (exact) mass is 256 g/mol. The van der Waals surface area contributed by atoms with Crippen LogP contribution in [0.3, 0.4) is 0 Å². The fourth-order valence-corrected chi connectivity index (χ4v) is 2.16. The van der Waals surface area contributed by atoms with Crippen LogP contribution in [-0.2, 0) is 6.42 Å². The minimum absolute atomic E-state index is 0.145. The Kier molecular flexibility index (Phi) is 3.92. The minimum atomic E-state index is -0.347. The molecule has 0 aliphatic heterocycles. The predicted octanol–water partition coefficient (Wildman–Crippen LogP) is 3.15. The highest BCUT2D eigenvalue weighted by atomic mass is 16.6. The Balaban J connectivity index is 2.31. The van der Waals surface area contributed by atoms with Gasteiger partial charge in [0.1, 0.15) is 0 Å².